The van der Waals surface area contributed by atoms with Crippen LogP contribution >= 0.6 is 0 Å². The molecule has 3 heteroatoms. The van der Waals surface area contributed by atoms with E-state index < -0.39 is 5.60 Å². The van der Waals surface area contributed by atoms with Crippen molar-refractivity contribution in [3.8, 4) is 0 Å². The minimum absolute atomic E-state index is 0.648. The summed E-state index contributed by atoms with van der Waals surface area (Å²) in [6.45, 7) is 8.21. The largest absolute Gasteiger partial charge is 0.389 e. The Labute approximate surface area is 104 Å². The molecule has 2 N–H and O–H groups in total. The second kappa shape index (κ2) is 6.03. The molecule has 0 heterocycles. The van der Waals surface area contributed by atoms with Crippen LogP contribution in [0, 0.1) is 0 Å². The van der Waals surface area contributed by atoms with Crippen LogP contribution in [0.5, 0.6) is 0 Å². The minimum atomic E-state index is -0.667. The van der Waals surface area contributed by atoms with Crippen molar-refractivity contribution in [3.05, 3.63) is 29.8 Å². The number of hydrogen-bond donors (Lipinski definition) is 2. The second-order valence-corrected chi connectivity index (χ2v) is 5.02. The van der Waals surface area contributed by atoms with Crippen molar-refractivity contribution in [3.63, 3.8) is 0 Å². The van der Waals surface area contributed by atoms with Gasteiger partial charge in [-0.15, -0.1) is 0 Å². The van der Waals surface area contributed by atoms with E-state index in [1.807, 2.05) is 20.9 Å². The average Bonchev–Trinajstić information content (AvgIpc) is 2.26. The molecule has 0 bridgehead atoms. The number of rotatable bonds is 6. The molecule has 1 aromatic carbocycles. The summed E-state index contributed by atoms with van der Waals surface area (Å²) in [5.74, 6) is 0. The Kier molecular flexibility index (Phi) is 4.97. The fourth-order valence-corrected chi connectivity index (χ4v) is 1.88. The van der Waals surface area contributed by atoms with Crippen LogP contribution in [0.3, 0.4) is 0 Å². The first-order chi connectivity index (χ1) is 7.96. The first kappa shape index (κ1) is 14.0. The highest BCUT2D eigenvalue weighted by Crippen LogP contribution is 2.17. The molecule has 0 fully saturated rings. The van der Waals surface area contributed by atoms with Crippen LogP contribution in [0.15, 0.2) is 24.3 Å². The summed E-state index contributed by atoms with van der Waals surface area (Å²) in [7, 11) is 1.94. The average molecular weight is 236 g/mol. The molecule has 1 aromatic rings. The molecule has 0 aliphatic heterocycles. The van der Waals surface area contributed by atoms with Crippen LogP contribution in [-0.4, -0.2) is 30.8 Å². The van der Waals surface area contributed by atoms with Crippen LogP contribution in [0.4, 0.5) is 5.69 Å². The van der Waals surface area contributed by atoms with Crippen LogP contribution in [0.25, 0.3) is 0 Å². The molecule has 0 aliphatic carbocycles. The fraction of sp³-hybridized carbons (Fsp3) is 0.571. The summed E-state index contributed by atoms with van der Waals surface area (Å²) < 4.78 is 0. The molecule has 0 radical (unpaired) electrons. The van der Waals surface area contributed by atoms with Gasteiger partial charge in [0.2, 0.25) is 0 Å². The third-order valence-corrected chi connectivity index (χ3v) is 2.64. The number of hydrogen-bond acceptors (Lipinski definition) is 3. The van der Waals surface area contributed by atoms with Crippen molar-refractivity contribution in [2.45, 2.75) is 32.9 Å². The highest BCUT2D eigenvalue weighted by Gasteiger charge is 2.17. The third-order valence-electron chi connectivity index (χ3n) is 2.64. The monoisotopic (exact) mass is 236 g/mol. The molecule has 17 heavy (non-hydrogen) atoms. The molecule has 0 amide bonds. The van der Waals surface area contributed by atoms with Crippen molar-refractivity contribution >= 4 is 5.69 Å². The van der Waals surface area contributed by atoms with Gasteiger partial charge in [-0.05, 0) is 45.5 Å². The van der Waals surface area contributed by atoms with Gasteiger partial charge in [-0.1, -0.05) is 12.1 Å². The van der Waals surface area contributed by atoms with E-state index in [1.165, 1.54) is 5.56 Å². The van der Waals surface area contributed by atoms with E-state index in [2.05, 4.69) is 41.4 Å². The first-order valence-corrected chi connectivity index (χ1v) is 6.17. The smallest absolute Gasteiger partial charge is 0.0765 e. The van der Waals surface area contributed by atoms with Crippen LogP contribution in [-0.2, 0) is 6.54 Å². The number of anilines is 1. The zero-order valence-corrected chi connectivity index (χ0v) is 11.3. The minimum Gasteiger partial charge on any atom is -0.389 e. The molecule has 0 atom stereocenters. The summed E-state index contributed by atoms with van der Waals surface area (Å²) in [5, 5.41) is 13.0. The van der Waals surface area contributed by atoms with E-state index in [4.69, 9.17) is 0 Å². The maximum absolute atomic E-state index is 9.87. The van der Waals surface area contributed by atoms with Crippen molar-refractivity contribution in [2.75, 3.05) is 25.0 Å². The topological polar surface area (TPSA) is 35.5 Å². The van der Waals surface area contributed by atoms with Gasteiger partial charge < -0.3 is 15.3 Å². The molecule has 0 unspecified atom stereocenters. The Balaban J connectivity index is 2.75. The van der Waals surface area contributed by atoms with Gasteiger partial charge in [-0.3, -0.25) is 0 Å². The Bertz CT molecular complexity index is 327. The van der Waals surface area contributed by atoms with Gasteiger partial charge in [0.1, 0.15) is 0 Å². The van der Waals surface area contributed by atoms with E-state index in [0.717, 1.165) is 18.8 Å². The third kappa shape index (κ3) is 4.75. The molecular weight excluding hydrogens is 212 g/mol. The summed E-state index contributed by atoms with van der Waals surface area (Å²) in [6, 6.07) is 8.47. The van der Waals surface area contributed by atoms with Gasteiger partial charge in [0.05, 0.1) is 5.60 Å². The van der Waals surface area contributed by atoms with Gasteiger partial charge in [-0.2, -0.15) is 0 Å². The van der Waals surface area contributed by atoms with Crippen LogP contribution < -0.4 is 10.2 Å². The predicted octanol–water partition coefficient (Wildman–Crippen LogP) is 2.00. The lowest BCUT2D eigenvalue weighted by atomic mass is 10.1. The Hall–Kier alpha value is -1.06. The van der Waals surface area contributed by atoms with Crippen molar-refractivity contribution < 1.29 is 5.11 Å². The summed E-state index contributed by atoms with van der Waals surface area (Å²) in [4.78, 5) is 2.18. The lowest BCUT2D eigenvalue weighted by Crippen LogP contribution is -2.38. The number of likely N-dealkylation sites (N-methyl/N-ethyl adjacent to an activating group) is 1. The van der Waals surface area contributed by atoms with Gasteiger partial charge in [0, 0.05) is 25.3 Å². The number of nitrogens with one attached hydrogen (secondary N) is 1. The van der Waals surface area contributed by atoms with E-state index in [-0.39, 0.29) is 0 Å². The molecular formula is C14H24N2O. The lowest BCUT2D eigenvalue weighted by Gasteiger charge is -2.30. The molecule has 0 aromatic heterocycles. The van der Waals surface area contributed by atoms with Gasteiger partial charge >= 0.3 is 0 Å². The summed E-state index contributed by atoms with van der Waals surface area (Å²) >= 11 is 0. The molecule has 96 valence electrons. The Morgan fingerprint density at radius 3 is 2.24 bits per heavy atom. The highest BCUT2D eigenvalue weighted by molar-refractivity contribution is 5.47. The fourth-order valence-electron chi connectivity index (χ4n) is 1.88. The summed E-state index contributed by atoms with van der Waals surface area (Å²) in [5.41, 5.74) is 1.77. The molecule has 0 aliphatic rings. The Morgan fingerprint density at radius 2 is 1.82 bits per heavy atom. The number of benzene rings is 1. The van der Waals surface area contributed by atoms with Crippen molar-refractivity contribution in [1.82, 2.24) is 5.32 Å². The summed E-state index contributed by atoms with van der Waals surface area (Å²) in [6.07, 6.45) is 0. The van der Waals surface area contributed by atoms with Crippen LogP contribution in [0.2, 0.25) is 0 Å². The molecule has 0 saturated carbocycles. The molecule has 0 spiro atoms. The van der Waals surface area contributed by atoms with E-state index in [1.54, 1.807) is 0 Å². The maximum Gasteiger partial charge on any atom is 0.0765 e. The normalized spacial score (nSPS) is 11.6. The lowest BCUT2D eigenvalue weighted by molar-refractivity contribution is 0.0876. The number of aliphatic hydroxyl groups is 1. The van der Waals surface area contributed by atoms with E-state index in [0.29, 0.717) is 6.54 Å². The zero-order valence-electron chi connectivity index (χ0n) is 11.3. The highest BCUT2D eigenvalue weighted by atomic mass is 16.3. The quantitative estimate of drug-likeness (QED) is 0.793. The van der Waals surface area contributed by atoms with E-state index >= 15 is 0 Å². The predicted molar refractivity (Wildman–Crippen MR) is 73.4 cm³/mol. The number of nitrogens with zero attached hydrogens (tertiary/aromatic N) is 1. The standard InChI is InChI=1S/C14H24N2O/c1-5-16(11-14(2,3)17)13-8-6-12(7-9-13)10-15-4/h6-9,15,17H,5,10-11H2,1-4H3. The SMILES string of the molecule is CCN(CC(C)(C)O)c1ccc(CNC)cc1. The molecule has 3 nitrogen and oxygen atoms in total. The van der Waals surface area contributed by atoms with Crippen LogP contribution in [0.1, 0.15) is 26.3 Å². The van der Waals surface area contributed by atoms with Crippen molar-refractivity contribution in [2.24, 2.45) is 0 Å². The zero-order chi connectivity index (χ0) is 12.9. The van der Waals surface area contributed by atoms with Gasteiger partial charge in [0.15, 0.2) is 0 Å². The second-order valence-electron chi connectivity index (χ2n) is 5.02. The maximum atomic E-state index is 9.87. The first-order valence-electron chi connectivity index (χ1n) is 6.17. The van der Waals surface area contributed by atoms with E-state index in [9.17, 15) is 5.11 Å². The van der Waals surface area contributed by atoms with Crippen molar-refractivity contribution in [1.29, 1.82) is 0 Å². The molecule has 1 rings (SSSR count). The van der Waals surface area contributed by atoms with Gasteiger partial charge in [0.25, 0.3) is 0 Å². The van der Waals surface area contributed by atoms with Gasteiger partial charge in [-0.25, -0.2) is 0 Å². The molecule has 0 saturated heterocycles. The Morgan fingerprint density at radius 1 is 1.24 bits per heavy atom.